The van der Waals surface area contributed by atoms with Gasteiger partial charge in [-0.2, -0.15) is 0 Å². The van der Waals surface area contributed by atoms with E-state index in [2.05, 4.69) is 339 Å². The van der Waals surface area contributed by atoms with Crippen molar-refractivity contribution in [3.63, 3.8) is 0 Å². The molecule has 0 saturated heterocycles. The fourth-order valence-corrected chi connectivity index (χ4v) is 15.6. The summed E-state index contributed by atoms with van der Waals surface area (Å²) in [5.74, 6) is 1.37. The van der Waals surface area contributed by atoms with Crippen LogP contribution in [0.1, 0.15) is 47.2 Å². The molecule has 0 atom stereocenters. The molecule has 0 amide bonds. The molecule has 6 heteroatoms. The van der Waals surface area contributed by atoms with Crippen molar-refractivity contribution in [2.75, 3.05) is 0 Å². The van der Waals surface area contributed by atoms with Gasteiger partial charge in [0, 0.05) is 63.6 Å². The number of rotatable bonds is 12. The summed E-state index contributed by atoms with van der Waals surface area (Å²) >= 11 is 0. The highest BCUT2D eigenvalue weighted by Gasteiger charge is 2.46. The van der Waals surface area contributed by atoms with Gasteiger partial charge in [-0.1, -0.05) is 317 Å². The molecule has 4 heterocycles. The molecule has 0 N–H and O–H groups in total. The minimum atomic E-state index is -0.441. The van der Waals surface area contributed by atoms with Crippen LogP contribution in [0.4, 0.5) is 0 Å². The van der Waals surface area contributed by atoms with Crippen molar-refractivity contribution in [3.8, 4) is 135 Å². The number of aromatic nitrogens is 6. The topological polar surface area (TPSA) is 77.3 Å². The first-order valence-corrected chi connectivity index (χ1v) is 35.4. The van der Waals surface area contributed by atoms with Gasteiger partial charge in [-0.3, -0.25) is 9.97 Å². The maximum atomic E-state index is 5.13. The highest BCUT2D eigenvalue weighted by atomic mass is 14.9. The molecule has 490 valence electrons. The maximum absolute atomic E-state index is 5.13. The highest BCUT2D eigenvalue weighted by Crippen LogP contribution is 2.57. The van der Waals surface area contributed by atoms with Gasteiger partial charge in [0.1, 0.15) is 0 Å². The van der Waals surface area contributed by atoms with Crippen LogP contribution in [-0.2, 0) is 10.8 Å². The van der Waals surface area contributed by atoms with Gasteiger partial charge in [0.25, 0.3) is 0 Å². The molecule has 6 nitrogen and oxygen atoms in total. The van der Waals surface area contributed by atoms with Gasteiger partial charge in [-0.15, -0.1) is 0 Å². The Morgan fingerprint density at radius 2 is 0.625 bits per heavy atom. The first kappa shape index (κ1) is 62.8. The van der Waals surface area contributed by atoms with Crippen LogP contribution in [0.15, 0.2) is 377 Å². The zero-order valence-electron chi connectivity index (χ0n) is 57.5. The summed E-state index contributed by atoms with van der Waals surface area (Å²) in [4.78, 5) is 28.9. The van der Waals surface area contributed by atoms with Crippen molar-refractivity contribution < 1.29 is 0 Å². The Balaban J connectivity index is 0.000000149. The second-order valence-electron chi connectivity index (χ2n) is 27.3. The number of pyridine rings is 2. The summed E-state index contributed by atoms with van der Waals surface area (Å²) in [5, 5.41) is 2.61. The molecule has 0 aliphatic heterocycles. The fourth-order valence-electron chi connectivity index (χ4n) is 15.6. The molecular weight excluding hydrogens is 1260 g/mol. The van der Waals surface area contributed by atoms with Crippen molar-refractivity contribution >= 4 is 10.8 Å². The van der Waals surface area contributed by atoms with E-state index in [1.807, 2.05) is 42.6 Å². The van der Waals surface area contributed by atoms with Crippen LogP contribution in [-0.4, -0.2) is 29.9 Å². The summed E-state index contributed by atoms with van der Waals surface area (Å²) in [5.41, 5.74) is 31.5. The third-order valence-corrected chi connectivity index (χ3v) is 20.9. The van der Waals surface area contributed by atoms with Gasteiger partial charge in [-0.25, -0.2) is 19.9 Å². The number of hydrogen-bond donors (Lipinski definition) is 0. The van der Waals surface area contributed by atoms with Crippen LogP contribution in [0.25, 0.3) is 145 Å². The zero-order valence-corrected chi connectivity index (χ0v) is 57.5. The average Bonchev–Trinajstić information content (AvgIpc) is 1.53. The Labute approximate surface area is 606 Å². The Morgan fingerprint density at radius 3 is 1.15 bits per heavy atom. The van der Waals surface area contributed by atoms with E-state index >= 15 is 0 Å². The van der Waals surface area contributed by atoms with Crippen molar-refractivity contribution in [1.29, 1.82) is 0 Å². The quantitative estimate of drug-likeness (QED) is 0.121. The van der Waals surface area contributed by atoms with Crippen molar-refractivity contribution in [2.45, 2.75) is 24.7 Å². The first-order chi connectivity index (χ1) is 51.3. The third-order valence-electron chi connectivity index (χ3n) is 20.9. The van der Waals surface area contributed by atoms with E-state index in [0.29, 0.717) is 11.6 Å². The summed E-state index contributed by atoms with van der Waals surface area (Å²) in [6.07, 6.45) is 7.25. The molecule has 17 aromatic rings. The molecule has 0 fully saturated rings. The molecule has 13 aromatic carbocycles. The van der Waals surface area contributed by atoms with Crippen LogP contribution in [0.2, 0.25) is 0 Å². The Kier molecular flexibility index (Phi) is 16.1. The lowest BCUT2D eigenvalue weighted by Crippen LogP contribution is -2.28. The molecule has 4 aromatic heterocycles. The second-order valence-corrected chi connectivity index (χ2v) is 27.3. The lowest BCUT2D eigenvalue weighted by molar-refractivity contribution is 0.661. The van der Waals surface area contributed by atoms with Gasteiger partial charge in [0.15, 0.2) is 11.6 Å². The van der Waals surface area contributed by atoms with Crippen molar-refractivity contribution in [2.24, 2.45) is 0 Å². The van der Waals surface area contributed by atoms with Crippen LogP contribution in [0, 0.1) is 0 Å². The molecule has 0 saturated carbocycles. The van der Waals surface area contributed by atoms with Gasteiger partial charge in [0.05, 0.1) is 28.2 Å². The fraction of sp³-hybridized carbons (Fsp3) is 0.0408. The van der Waals surface area contributed by atoms with Crippen molar-refractivity contribution in [3.05, 3.63) is 410 Å². The summed E-state index contributed by atoms with van der Waals surface area (Å²) in [6.45, 7) is 4.70. The lowest BCUT2D eigenvalue weighted by Gasteiger charge is -2.34. The Morgan fingerprint density at radius 1 is 0.231 bits per heavy atom. The predicted molar refractivity (Wildman–Crippen MR) is 426 cm³/mol. The van der Waals surface area contributed by atoms with Gasteiger partial charge >= 0.3 is 0 Å². The molecular formula is C98H68N6. The number of hydrogen-bond acceptors (Lipinski definition) is 6. The van der Waals surface area contributed by atoms with E-state index in [4.69, 9.17) is 19.9 Å². The molecule has 0 radical (unpaired) electrons. The van der Waals surface area contributed by atoms with E-state index in [-0.39, 0.29) is 5.41 Å². The molecule has 0 unspecified atom stereocenters. The highest BCUT2D eigenvalue weighted by molar-refractivity contribution is 6.03. The van der Waals surface area contributed by atoms with Gasteiger partial charge < -0.3 is 0 Å². The minimum absolute atomic E-state index is 0.0787. The summed E-state index contributed by atoms with van der Waals surface area (Å²) in [7, 11) is 0. The Bertz CT molecular complexity index is 5950. The molecule has 2 aliphatic rings. The first-order valence-electron chi connectivity index (χ1n) is 35.4. The standard InChI is InChI=1S/C52H35N3.C46H33N3/c1-4-13-36(14-5-1)37-24-28-40(29-25-37)51-54-49(34-50(55-51)42-15-12-32-53-35-42)39-26-22-38(23-27-39)41-30-31-46-45-20-10-11-21-47(45)52(48(46)33-41,43-16-6-2-7-17-43)44-18-8-3-9-19-44;1-46(2)40-23-21-33-10-6-7-11-38(33)44(40)39-22-20-37(28-41(39)46)32-12-16-34(17-13-32)42-29-43(35-24-26-47-27-25-35)49-45(48-42)36-18-14-31(15-19-36)30-8-4-3-5-9-30/h1-35H;3-29H,1-2H3. The van der Waals surface area contributed by atoms with Gasteiger partial charge in [-0.05, 0) is 159 Å². The van der Waals surface area contributed by atoms with Crippen LogP contribution in [0.3, 0.4) is 0 Å². The van der Waals surface area contributed by atoms with Crippen LogP contribution >= 0.6 is 0 Å². The molecule has 19 rings (SSSR count). The largest absolute Gasteiger partial charge is 0.265 e. The summed E-state index contributed by atoms with van der Waals surface area (Å²) in [6, 6.07) is 126. The lowest BCUT2D eigenvalue weighted by atomic mass is 9.67. The van der Waals surface area contributed by atoms with Crippen molar-refractivity contribution in [1.82, 2.24) is 29.9 Å². The normalized spacial score (nSPS) is 12.7. The second kappa shape index (κ2) is 26.6. The minimum Gasteiger partial charge on any atom is -0.265 e. The SMILES string of the molecule is CC1(C)c2cc(-c3ccc(-c4cc(-c5ccncc5)nc(-c5ccc(-c6ccccc6)cc5)n4)cc3)ccc2-c2c1ccc1ccccc21.c1ccc(-c2ccc(-c3nc(-c4ccc(-c5ccc6c(c5)C(c5ccccc5)(c5ccccc5)c5ccccc5-6)cc4)cc(-c4cccnc4)n3)cc2)cc1. The average molecular weight is 1330 g/mol. The number of benzene rings is 13. The van der Waals surface area contributed by atoms with Crippen LogP contribution < -0.4 is 0 Å². The molecule has 104 heavy (non-hydrogen) atoms. The monoisotopic (exact) mass is 1330 g/mol. The van der Waals surface area contributed by atoms with Crippen LogP contribution in [0.5, 0.6) is 0 Å². The van der Waals surface area contributed by atoms with E-state index < -0.39 is 5.41 Å². The van der Waals surface area contributed by atoms with Gasteiger partial charge in [0.2, 0.25) is 0 Å². The predicted octanol–water partition coefficient (Wildman–Crippen LogP) is 24.2. The summed E-state index contributed by atoms with van der Waals surface area (Å²) < 4.78 is 0. The molecule has 0 spiro atoms. The smallest absolute Gasteiger partial charge is 0.160 e. The number of nitrogens with zero attached hydrogens (tertiary/aromatic N) is 6. The maximum Gasteiger partial charge on any atom is 0.160 e. The van der Waals surface area contributed by atoms with E-state index in [1.165, 1.54) is 94.2 Å². The zero-order chi connectivity index (χ0) is 69.6. The van der Waals surface area contributed by atoms with E-state index in [0.717, 1.165) is 72.8 Å². The third kappa shape index (κ3) is 11.5. The van der Waals surface area contributed by atoms with E-state index in [1.54, 1.807) is 18.6 Å². The molecule has 0 bridgehead atoms. The van der Waals surface area contributed by atoms with E-state index in [9.17, 15) is 0 Å². The molecule has 2 aliphatic carbocycles. The Hall–Kier alpha value is -13.4. The number of fused-ring (bicyclic) bond motifs is 8.